The lowest BCUT2D eigenvalue weighted by atomic mass is 10.3. The summed E-state index contributed by atoms with van der Waals surface area (Å²) in [6.07, 6.45) is 1.38. The fourth-order valence-corrected chi connectivity index (χ4v) is 6.11. The SMILES string of the molecule is Nc1cc(Br)c(S(=O)(=O)Nc2ncc(Br)nc2Br)c(Br)c1. The van der Waals surface area contributed by atoms with Crippen molar-refractivity contribution in [2.45, 2.75) is 4.90 Å². The highest BCUT2D eigenvalue weighted by molar-refractivity contribution is 9.11. The Morgan fingerprint density at radius 3 is 2.19 bits per heavy atom. The van der Waals surface area contributed by atoms with E-state index in [1.54, 1.807) is 0 Å². The molecule has 3 N–H and O–H groups in total. The first-order valence-electron chi connectivity index (χ1n) is 5.16. The van der Waals surface area contributed by atoms with Crippen LogP contribution in [0.4, 0.5) is 11.5 Å². The predicted octanol–water partition coefficient (Wildman–Crippen LogP) is 3.91. The molecule has 0 aliphatic carbocycles. The van der Waals surface area contributed by atoms with Gasteiger partial charge in [-0.25, -0.2) is 18.4 Å². The van der Waals surface area contributed by atoms with E-state index in [9.17, 15) is 8.42 Å². The molecule has 1 aromatic carbocycles. The van der Waals surface area contributed by atoms with Crippen LogP contribution in [0.3, 0.4) is 0 Å². The second-order valence-corrected chi connectivity index (χ2v) is 8.64. The van der Waals surface area contributed by atoms with E-state index in [1.807, 2.05) is 0 Å². The Morgan fingerprint density at radius 1 is 1.10 bits per heavy atom. The molecule has 0 fully saturated rings. The van der Waals surface area contributed by atoms with Gasteiger partial charge in [0.1, 0.15) is 9.50 Å². The van der Waals surface area contributed by atoms with Gasteiger partial charge < -0.3 is 5.73 Å². The molecule has 2 rings (SSSR count). The minimum atomic E-state index is -3.87. The van der Waals surface area contributed by atoms with Crippen LogP contribution in [0.1, 0.15) is 0 Å². The number of nitrogen functional groups attached to an aromatic ring is 1. The second kappa shape index (κ2) is 6.49. The second-order valence-electron chi connectivity index (χ2n) is 3.75. The number of rotatable bonds is 3. The normalized spacial score (nSPS) is 11.4. The summed E-state index contributed by atoms with van der Waals surface area (Å²) in [5.74, 6) is 0.0776. The molecule has 0 bridgehead atoms. The Hall–Kier alpha value is -0.230. The molecule has 0 radical (unpaired) electrons. The summed E-state index contributed by atoms with van der Waals surface area (Å²) in [6.45, 7) is 0. The molecule has 0 spiro atoms. The number of benzene rings is 1. The number of nitrogens with two attached hydrogens (primary N) is 1. The molecule has 1 aromatic heterocycles. The van der Waals surface area contributed by atoms with Crippen molar-refractivity contribution in [2.24, 2.45) is 0 Å². The molecule has 6 nitrogen and oxygen atoms in total. The molecule has 0 aliphatic rings. The molecule has 21 heavy (non-hydrogen) atoms. The highest BCUT2D eigenvalue weighted by atomic mass is 79.9. The van der Waals surface area contributed by atoms with Crippen LogP contribution in [-0.4, -0.2) is 18.4 Å². The quantitative estimate of drug-likeness (QED) is 0.550. The molecular weight excluding hydrogens is 560 g/mol. The van der Waals surface area contributed by atoms with Crippen molar-refractivity contribution in [3.05, 3.63) is 36.5 Å². The van der Waals surface area contributed by atoms with Gasteiger partial charge in [-0.05, 0) is 75.9 Å². The van der Waals surface area contributed by atoms with Crippen LogP contribution in [-0.2, 0) is 10.0 Å². The third kappa shape index (κ3) is 3.95. The van der Waals surface area contributed by atoms with Crippen LogP contribution in [0.25, 0.3) is 0 Å². The van der Waals surface area contributed by atoms with Crippen molar-refractivity contribution < 1.29 is 8.42 Å². The molecule has 2 aromatic rings. The lowest BCUT2D eigenvalue weighted by Gasteiger charge is -2.12. The number of aromatic nitrogens is 2. The Balaban J connectivity index is 2.48. The molecule has 0 saturated carbocycles. The first kappa shape index (κ1) is 17.1. The van der Waals surface area contributed by atoms with Crippen LogP contribution in [0.5, 0.6) is 0 Å². The zero-order chi connectivity index (χ0) is 15.8. The summed E-state index contributed by atoms with van der Waals surface area (Å²) in [5, 5.41) is 0. The van der Waals surface area contributed by atoms with Crippen molar-refractivity contribution in [3.8, 4) is 0 Å². The van der Waals surface area contributed by atoms with Gasteiger partial charge in [0.2, 0.25) is 0 Å². The number of anilines is 2. The van der Waals surface area contributed by atoms with Crippen LogP contribution in [0, 0.1) is 0 Å². The number of nitrogens with zero attached hydrogens (tertiary/aromatic N) is 2. The van der Waals surface area contributed by atoms with Crippen molar-refractivity contribution >= 4 is 85.2 Å². The maximum atomic E-state index is 12.5. The Bertz CT molecular complexity index is 790. The van der Waals surface area contributed by atoms with Crippen LogP contribution in [0.2, 0.25) is 0 Å². The Kier molecular flexibility index (Phi) is 5.29. The average Bonchev–Trinajstić information content (AvgIpc) is 2.30. The minimum absolute atomic E-state index is 0.0216. The van der Waals surface area contributed by atoms with E-state index in [4.69, 9.17) is 5.73 Å². The van der Waals surface area contributed by atoms with Gasteiger partial charge in [-0.3, -0.25) is 4.72 Å². The van der Waals surface area contributed by atoms with Gasteiger partial charge in [-0.1, -0.05) is 0 Å². The van der Waals surface area contributed by atoms with Gasteiger partial charge in [0.25, 0.3) is 10.0 Å². The van der Waals surface area contributed by atoms with Crippen LogP contribution in [0.15, 0.2) is 41.4 Å². The van der Waals surface area contributed by atoms with Gasteiger partial charge in [-0.2, -0.15) is 0 Å². The first-order valence-corrected chi connectivity index (χ1v) is 9.81. The van der Waals surface area contributed by atoms with E-state index >= 15 is 0 Å². The zero-order valence-electron chi connectivity index (χ0n) is 9.94. The van der Waals surface area contributed by atoms with Gasteiger partial charge in [0, 0.05) is 14.6 Å². The lowest BCUT2D eigenvalue weighted by molar-refractivity contribution is 0.600. The number of hydrogen-bond acceptors (Lipinski definition) is 5. The summed E-state index contributed by atoms with van der Waals surface area (Å²) >= 11 is 12.7. The third-order valence-electron chi connectivity index (χ3n) is 2.22. The maximum Gasteiger partial charge on any atom is 0.265 e. The van der Waals surface area contributed by atoms with Gasteiger partial charge >= 0.3 is 0 Å². The summed E-state index contributed by atoms with van der Waals surface area (Å²) < 4.78 is 28.7. The Labute approximate surface area is 154 Å². The maximum absolute atomic E-state index is 12.5. The van der Waals surface area contributed by atoms with E-state index < -0.39 is 10.0 Å². The summed E-state index contributed by atoms with van der Waals surface area (Å²) in [4.78, 5) is 8.00. The monoisotopic (exact) mass is 562 g/mol. The number of nitrogens with one attached hydrogen (secondary N) is 1. The molecule has 11 heteroatoms. The molecule has 1 heterocycles. The number of hydrogen-bond donors (Lipinski definition) is 2. The summed E-state index contributed by atoms with van der Waals surface area (Å²) in [6, 6.07) is 3.00. The van der Waals surface area contributed by atoms with Crippen molar-refractivity contribution in [2.75, 3.05) is 10.5 Å². The minimum Gasteiger partial charge on any atom is -0.399 e. The number of sulfonamides is 1. The topological polar surface area (TPSA) is 98.0 Å². The zero-order valence-corrected chi connectivity index (χ0v) is 17.1. The van der Waals surface area contributed by atoms with Crippen LogP contribution >= 0.6 is 63.7 Å². The van der Waals surface area contributed by atoms with Gasteiger partial charge in [-0.15, -0.1) is 0 Å². The standard InChI is InChI=1S/C10H6Br4N4O2S/c11-5-1-4(15)2-6(12)8(5)21(19,20)18-10-9(14)17-7(13)3-16-10/h1-3H,15H2,(H,16,18). The Morgan fingerprint density at radius 2 is 1.67 bits per heavy atom. The molecule has 0 aliphatic heterocycles. The van der Waals surface area contributed by atoms with E-state index in [2.05, 4.69) is 78.4 Å². The van der Waals surface area contributed by atoms with E-state index in [0.717, 1.165) is 0 Å². The first-order chi connectivity index (χ1) is 9.70. The van der Waals surface area contributed by atoms with Gasteiger partial charge in [0.15, 0.2) is 10.4 Å². The fourth-order valence-electron chi connectivity index (χ4n) is 1.43. The van der Waals surface area contributed by atoms with Crippen molar-refractivity contribution in [3.63, 3.8) is 0 Å². The molecule has 112 valence electrons. The van der Waals surface area contributed by atoms with E-state index in [0.29, 0.717) is 19.2 Å². The molecule has 0 unspecified atom stereocenters. The fraction of sp³-hybridized carbons (Fsp3) is 0. The molecule has 0 saturated heterocycles. The largest absolute Gasteiger partial charge is 0.399 e. The molecular formula is C10H6Br4N4O2S. The van der Waals surface area contributed by atoms with E-state index in [1.165, 1.54) is 18.3 Å². The average molecular weight is 566 g/mol. The lowest BCUT2D eigenvalue weighted by Crippen LogP contribution is -2.16. The smallest absolute Gasteiger partial charge is 0.265 e. The third-order valence-corrected chi connectivity index (χ3v) is 6.37. The van der Waals surface area contributed by atoms with Gasteiger partial charge in [0.05, 0.1) is 6.20 Å². The molecule has 0 amide bonds. The molecule has 0 atom stereocenters. The highest BCUT2D eigenvalue weighted by Gasteiger charge is 2.23. The van der Waals surface area contributed by atoms with Crippen molar-refractivity contribution in [1.82, 2.24) is 9.97 Å². The van der Waals surface area contributed by atoms with Crippen molar-refractivity contribution in [1.29, 1.82) is 0 Å². The van der Waals surface area contributed by atoms with E-state index in [-0.39, 0.29) is 15.3 Å². The van der Waals surface area contributed by atoms with Crippen LogP contribution < -0.4 is 10.5 Å². The summed E-state index contributed by atoms with van der Waals surface area (Å²) in [7, 11) is -3.87. The summed E-state index contributed by atoms with van der Waals surface area (Å²) in [5.41, 5.74) is 6.08. The highest BCUT2D eigenvalue weighted by Crippen LogP contribution is 2.34. The predicted molar refractivity (Wildman–Crippen MR) is 94.5 cm³/mol. The number of halogens is 4.